The van der Waals surface area contributed by atoms with Gasteiger partial charge in [-0.25, -0.2) is 0 Å². The highest BCUT2D eigenvalue weighted by Gasteiger charge is 2.32. The van der Waals surface area contributed by atoms with Crippen LogP contribution in [0.15, 0.2) is 0 Å². The second-order valence-corrected chi connectivity index (χ2v) is 4.50. The van der Waals surface area contributed by atoms with Crippen molar-refractivity contribution >= 4 is 5.97 Å². The van der Waals surface area contributed by atoms with E-state index in [4.69, 9.17) is 0 Å². The summed E-state index contributed by atoms with van der Waals surface area (Å²) in [7, 11) is 0. The van der Waals surface area contributed by atoms with Gasteiger partial charge >= 0.3 is 5.97 Å². The second kappa shape index (κ2) is 6.86. The molecule has 0 aromatic rings. The highest BCUT2D eigenvalue weighted by molar-refractivity contribution is 5.74. The molecule has 1 fully saturated rings. The van der Waals surface area contributed by atoms with Crippen molar-refractivity contribution in [2.24, 2.45) is 0 Å². The molecule has 94 valence electrons. The minimum Gasteiger partial charge on any atom is -0.480 e. The number of nitrogens with zero attached hydrogens (tertiary/aromatic N) is 1. The van der Waals surface area contributed by atoms with Gasteiger partial charge in [-0.2, -0.15) is 0 Å². The molecule has 0 radical (unpaired) electrons. The number of hydrogen-bond acceptors (Lipinski definition) is 3. The lowest BCUT2D eigenvalue weighted by Crippen LogP contribution is -2.58. The number of carboxylic acid groups (broad SMARTS) is 1. The molecular weight excluding hydrogens is 204 g/mol. The number of rotatable bonds is 6. The summed E-state index contributed by atoms with van der Waals surface area (Å²) in [4.78, 5) is 13.4. The maximum absolute atomic E-state index is 11.2. The van der Waals surface area contributed by atoms with Crippen LogP contribution in [0, 0.1) is 0 Å². The Hall–Kier alpha value is -0.610. The Morgan fingerprint density at radius 2 is 2.31 bits per heavy atom. The van der Waals surface area contributed by atoms with Gasteiger partial charge in [0.25, 0.3) is 0 Å². The average molecular weight is 228 g/mol. The molecule has 2 N–H and O–H groups in total. The molecule has 0 aromatic heterocycles. The first-order valence-electron chi connectivity index (χ1n) is 6.40. The van der Waals surface area contributed by atoms with Crippen LogP contribution in [0.1, 0.15) is 39.5 Å². The molecule has 2 unspecified atom stereocenters. The molecule has 16 heavy (non-hydrogen) atoms. The largest absolute Gasteiger partial charge is 0.480 e. The zero-order chi connectivity index (χ0) is 12.0. The Bertz CT molecular complexity index is 221. The third kappa shape index (κ3) is 3.46. The van der Waals surface area contributed by atoms with Crippen LogP contribution in [0.4, 0.5) is 0 Å². The molecule has 1 saturated heterocycles. The summed E-state index contributed by atoms with van der Waals surface area (Å²) in [5.41, 5.74) is 0. The molecule has 2 atom stereocenters. The number of hydrogen-bond donors (Lipinski definition) is 2. The number of aliphatic carboxylic acids is 1. The van der Waals surface area contributed by atoms with E-state index in [0.29, 0.717) is 12.6 Å². The maximum Gasteiger partial charge on any atom is 0.322 e. The van der Waals surface area contributed by atoms with Crippen LogP contribution in [-0.4, -0.2) is 47.7 Å². The zero-order valence-electron chi connectivity index (χ0n) is 10.4. The van der Waals surface area contributed by atoms with E-state index in [1.807, 2.05) is 0 Å². The Kier molecular flexibility index (Phi) is 5.77. The Morgan fingerprint density at radius 1 is 1.56 bits per heavy atom. The van der Waals surface area contributed by atoms with Gasteiger partial charge in [-0.3, -0.25) is 9.69 Å². The Labute approximate surface area is 98.0 Å². The standard InChI is InChI=1S/C12H24N2O2/c1-3-5-6-10(4-2)14-8-7-13-9-11(14)12(15)16/h10-11,13H,3-9H2,1-2H3,(H,15,16). The van der Waals surface area contributed by atoms with E-state index in [2.05, 4.69) is 24.1 Å². The molecule has 4 heteroatoms. The number of nitrogens with one attached hydrogen (secondary N) is 1. The maximum atomic E-state index is 11.2. The van der Waals surface area contributed by atoms with Crippen molar-refractivity contribution in [1.82, 2.24) is 10.2 Å². The van der Waals surface area contributed by atoms with Crippen molar-refractivity contribution in [2.75, 3.05) is 19.6 Å². The number of carbonyl (C=O) groups is 1. The van der Waals surface area contributed by atoms with E-state index in [0.717, 1.165) is 25.9 Å². The first-order chi connectivity index (χ1) is 7.70. The van der Waals surface area contributed by atoms with Gasteiger partial charge in [0.05, 0.1) is 0 Å². The van der Waals surface area contributed by atoms with Crippen LogP contribution >= 0.6 is 0 Å². The molecule has 0 aliphatic carbocycles. The molecule has 1 heterocycles. The predicted molar refractivity (Wildman–Crippen MR) is 64.6 cm³/mol. The summed E-state index contributed by atoms with van der Waals surface area (Å²) in [5, 5.41) is 12.4. The monoisotopic (exact) mass is 228 g/mol. The summed E-state index contributed by atoms with van der Waals surface area (Å²) in [5.74, 6) is -0.692. The van der Waals surface area contributed by atoms with Crippen LogP contribution in [-0.2, 0) is 4.79 Å². The first-order valence-corrected chi connectivity index (χ1v) is 6.40. The normalized spacial score (nSPS) is 24.2. The van der Waals surface area contributed by atoms with Crippen molar-refractivity contribution in [1.29, 1.82) is 0 Å². The molecule has 1 aliphatic heterocycles. The molecule has 4 nitrogen and oxygen atoms in total. The van der Waals surface area contributed by atoms with Gasteiger partial charge in [0.1, 0.15) is 6.04 Å². The van der Waals surface area contributed by atoms with Crippen molar-refractivity contribution < 1.29 is 9.90 Å². The molecule has 0 saturated carbocycles. The SMILES string of the molecule is CCCCC(CC)N1CCNCC1C(=O)O. The fraction of sp³-hybridized carbons (Fsp3) is 0.917. The lowest BCUT2D eigenvalue weighted by molar-refractivity contribution is -0.145. The van der Waals surface area contributed by atoms with Gasteiger partial charge in [-0.05, 0) is 12.8 Å². The lowest BCUT2D eigenvalue weighted by Gasteiger charge is -2.39. The number of carboxylic acids is 1. The third-order valence-electron chi connectivity index (χ3n) is 3.40. The highest BCUT2D eigenvalue weighted by atomic mass is 16.4. The van der Waals surface area contributed by atoms with Gasteiger partial charge < -0.3 is 10.4 Å². The summed E-state index contributed by atoms with van der Waals surface area (Å²) >= 11 is 0. The predicted octanol–water partition coefficient (Wildman–Crippen LogP) is 1.31. The van der Waals surface area contributed by atoms with Gasteiger partial charge in [0.2, 0.25) is 0 Å². The summed E-state index contributed by atoms with van der Waals surface area (Å²) < 4.78 is 0. The number of unbranched alkanes of at least 4 members (excludes halogenated alkanes) is 1. The molecule has 1 aliphatic rings. The fourth-order valence-corrected chi connectivity index (χ4v) is 2.43. The average Bonchev–Trinajstić information content (AvgIpc) is 2.30. The minimum atomic E-state index is -0.692. The van der Waals surface area contributed by atoms with Crippen molar-refractivity contribution in [3.63, 3.8) is 0 Å². The van der Waals surface area contributed by atoms with Gasteiger partial charge in [-0.1, -0.05) is 26.7 Å². The van der Waals surface area contributed by atoms with Crippen molar-refractivity contribution in [3.8, 4) is 0 Å². The van der Waals surface area contributed by atoms with E-state index in [1.54, 1.807) is 0 Å². The Balaban J connectivity index is 2.60. The summed E-state index contributed by atoms with van der Waals surface area (Å²) in [6.45, 7) is 6.68. The van der Waals surface area contributed by atoms with E-state index in [9.17, 15) is 9.90 Å². The number of piperazine rings is 1. The van der Waals surface area contributed by atoms with Crippen molar-refractivity contribution in [3.05, 3.63) is 0 Å². The van der Waals surface area contributed by atoms with E-state index in [-0.39, 0.29) is 6.04 Å². The fourth-order valence-electron chi connectivity index (χ4n) is 2.43. The van der Waals surface area contributed by atoms with Gasteiger partial charge in [-0.15, -0.1) is 0 Å². The first kappa shape index (κ1) is 13.5. The van der Waals surface area contributed by atoms with Crippen molar-refractivity contribution in [2.45, 2.75) is 51.6 Å². The minimum absolute atomic E-state index is 0.337. The third-order valence-corrected chi connectivity index (χ3v) is 3.40. The van der Waals surface area contributed by atoms with Crippen LogP contribution in [0.2, 0.25) is 0 Å². The molecule has 1 rings (SSSR count). The molecule has 0 spiro atoms. The highest BCUT2D eigenvalue weighted by Crippen LogP contribution is 2.17. The molecule has 0 aromatic carbocycles. The summed E-state index contributed by atoms with van der Waals surface area (Å²) in [6, 6.07) is 0.0960. The quantitative estimate of drug-likeness (QED) is 0.720. The van der Waals surface area contributed by atoms with Gasteiger partial charge in [0, 0.05) is 25.7 Å². The summed E-state index contributed by atoms with van der Waals surface area (Å²) in [6.07, 6.45) is 4.54. The Morgan fingerprint density at radius 3 is 2.88 bits per heavy atom. The molecule has 0 bridgehead atoms. The van der Waals surface area contributed by atoms with Crippen LogP contribution in [0.5, 0.6) is 0 Å². The molecule has 0 amide bonds. The van der Waals surface area contributed by atoms with E-state index >= 15 is 0 Å². The van der Waals surface area contributed by atoms with Gasteiger partial charge in [0.15, 0.2) is 0 Å². The lowest BCUT2D eigenvalue weighted by atomic mass is 10.0. The second-order valence-electron chi connectivity index (χ2n) is 4.50. The zero-order valence-corrected chi connectivity index (χ0v) is 10.4. The van der Waals surface area contributed by atoms with E-state index in [1.165, 1.54) is 12.8 Å². The van der Waals surface area contributed by atoms with Crippen LogP contribution in [0.25, 0.3) is 0 Å². The van der Waals surface area contributed by atoms with E-state index < -0.39 is 5.97 Å². The van der Waals surface area contributed by atoms with Crippen LogP contribution in [0.3, 0.4) is 0 Å². The van der Waals surface area contributed by atoms with Crippen LogP contribution < -0.4 is 5.32 Å². The topological polar surface area (TPSA) is 52.6 Å². The molecular formula is C12H24N2O2. The smallest absolute Gasteiger partial charge is 0.322 e.